The molecule has 0 aliphatic heterocycles. The lowest BCUT2D eigenvalue weighted by Crippen LogP contribution is -2.06. The molecule has 0 radical (unpaired) electrons. The van der Waals surface area contributed by atoms with Gasteiger partial charge in [0.2, 0.25) is 0 Å². The van der Waals surface area contributed by atoms with Crippen LogP contribution in [-0.4, -0.2) is 5.11 Å². The number of rotatable bonds is 0. The molecule has 2 heteroatoms. The Hall–Kier alpha value is -0.890. The van der Waals surface area contributed by atoms with Gasteiger partial charge in [-0.2, -0.15) is 0 Å². The molecule has 88 valence electrons. The van der Waals surface area contributed by atoms with E-state index in [1.165, 1.54) is 0 Å². The van der Waals surface area contributed by atoms with Gasteiger partial charge in [-0.25, -0.2) is 4.39 Å². The van der Waals surface area contributed by atoms with Gasteiger partial charge in [0, 0.05) is 0 Å². The van der Waals surface area contributed by atoms with Gasteiger partial charge in [0.15, 0.2) is 0 Å². The van der Waals surface area contributed by atoms with Crippen LogP contribution in [0.25, 0.3) is 0 Å². The summed E-state index contributed by atoms with van der Waals surface area (Å²) in [6.45, 7) is 5.72. The van der Waals surface area contributed by atoms with E-state index < -0.39 is 6.10 Å². The van der Waals surface area contributed by atoms with E-state index in [9.17, 15) is 9.50 Å². The predicted octanol–water partition coefficient (Wildman–Crippen LogP) is 3.45. The third-order valence-electron chi connectivity index (χ3n) is 3.68. The van der Waals surface area contributed by atoms with E-state index in [-0.39, 0.29) is 5.82 Å². The molecule has 1 aromatic rings. The monoisotopic (exact) mass is 222 g/mol. The van der Waals surface area contributed by atoms with Gasteiger partial charge in [-0.1, -0.05) is 13.0 Å². The van der Waals surface area contributed by atoms with Gasteiger partial charge in [0.1, 0.15) is 5.82 Å². The number of benzene rings is 1. The van der Waals surface area contributed by atoms with Crippen LogP contribution >= 0.6 is 0 Å². The molecule has 1 N–H and O–H groups in total. The van der Waals surface area contributed by atoms with E-state index >= 15 is 0 Å². The molecule has 0 heterocycles. The Balaban J connectivity index is 2.56. The van der Waals surface area contributed by atoms with Crippen LogP contribution in [0.2, 0.25) is 0 Å². The molecule has 2 rings (SSSR count). The minimum atomic E-state index is -0.498. The Labute approximate surface area is 96.3 Å². The largest absolute Gasteiger partial charge is 0.388 e. The van der Waals surface area contributed by atoms with E-state index in [0.717, 1.165) is 30.4 Å². The molecule has 0 fully saturated rings. The topological polar surface area (TPSA) is 20.2 Å². The quantitative estimate of drug-likeness (QED) is 0.667. The van der Waals surface area contributed by atoms with Crippen molar-refractivity contribution in [3.63, 3.8) is 0 Å². The Kier molecular flexibility index (Phi) is 3.02. The average molecular weight is 222 g/mol. The van der Waals surface area contributed by atoms with Crippen molar-refractivity contribution in [3.05, 3.63) is 34.1 Å². The van der Waals surface area contributed by atoms with E-state index in [2.05, 4.69) is 6.92 Å². The molecule has 1 aliphatic rings. The zero-order valence-corrected chi connectivity index (χ0v) is 10.2. The van der Waals surface area contributed by atoms with Crippen molar-refractivity contribution in [1.29, 1.82) is 0 Å². The molecule has 16 heavy (non-hydrogen) atoms. The summed E-state index contributed by atoms with van der Waals surface area (Å²) in [5.74, 6) is 0.345. The second-order valence-corrected chi connectivity index (χ2v) is 5.10. The summed E-state index contributed by atoms with van der Waals surface area (Å²) in [6.07, 6.45) is 2.28. The van der Waals surface area contributed by atoms with E-state index in [1.54, 1.807) is 13.8 Å². The molecule has 1 aliphatic carbocycles. The minimum absolute atomic E-state index is 0.160. The maximum Gasteiger partial charge on any atom is 0.129 e. The Bertz CT molecular complexity index is 412. The van der Waals surface area contributed by atoms with E-state index in [1.807, 2.05) is 6.07 Å². The molecule has 1 nitrogen and oxygen atoms in total. The van der Waals surface area contributed by atoms with Gasteiger partial charge >= 0.3 is 0 Å². The first kappa shape index (κ1) is 11.6. The summed E-state index contributed by atoms with van der Waals surface area (Å²) in [5.41, 5.74) is 3.30. The second kappa shape index (κ2) is 4.17. The third kappa shape index (κ3) is 1.86. The van der Waals surface area contributed by atoms with E-state index in [4.69, 9.17) is 0 Å². The standard InChI is InChI=1S/C14H19FO/c1-8-4-5-11-7-9(2)14(15)10(3)13(11)12(16)6-8/h7-8,12,16H,4-6H2,1-3H3. The van der Waals surface area contributed by atoms with Crippen LogP contribution in [0.4, 0.5) is 4.39 Å². The summed E-state index contributed by atoms with van der Waals surface area (Å²) < 4.78 is 13.8. The first-order chi connectivity index (χ1) is 7.50. The second-order valence-electron chi connectivity index (χ2n) is 5.10. The van der Waals surface area contributed by atoms with Crippen molar-refractivity contribution in [2.45, 2.75) is 46.1 Å². The molecule has 0 spiro atoms. The van der Waals surface area contributed by atoms with Crippen molar-refractivity contribution in [3.8, 4) is 0 Å². The first-order valence-corrected chi connectivity index (χ1v) is 5.97. The number of hydrogen-bond acceptors (Lipinski definition) is 1. The van der Waals surface area contributed by atoms with Crippen LogP contribution in [0.15, 0.2) is 6.07 Å². The van der Waals surface area contributed by atoms with Crippen LogP contribution in [0.5, 0.6) is 0 Å². The molecule has 2 atom stereocenters. The lowest BCUT2D eigenvalue weighted by atomic mass is 9.93. The third-order valence-corrected chi connectivity index (χ3v) is 3.68. The highest BCUT2D eigenvalue weighted by Gasteiger charge is 2.24. The Morgan fingerprint density at radius 2 is 2.06 bits per heavy atom. The number of fused-ring (bicyclic) bond motifs is 1. The van der Waals surface area contributed by atoms with Gasteiger partial charge in [0.25, 0.3) is 0 Å². The van der Waals surface area contributed by atoms with Gasteiger partial charge in [0.05, 0.1) is 6.10 Å². The van der Waals surface area contributed by atoms with Crippen LogP contribution in [0, 0.1) is 25.6 Å². The zero-order valence-electron chi connectivity index (χ0n) is 10.2. The van der Waals surface area contributed by atoms with Crippen molar-refractivity contribution < 1.29 is 9.50 Å². The lowest BCUT2D eigenvalue weighted by molar-refractivity contribution is 0.149. The van der Waals surface area contributed by atoms with Crippen molar-refractivity contribution >= 4 is 0 Å². The minimum Gasteiger partial charge on any atom is -0.388 e. The molecule has 0 aromatic heterocycles. The van der Waals surface area contributed by atoms with E-state index in [0.29, 0.717) is 17.0 Å². The predicted molar refractivity (Wildman–Crippen MR) is 62.9 cm³/mol. The molecule has 0 amide bonds. The van der Waals surface area contributed by atoms with Crippen molar-refractivity contribution in [1.82, 2.24) is 0 Å². The van der Waals surface area contributed by atoms with Crippen LogP contribution < -0.4 is 0 Å². The number of halogens is 1. The fourth-order valence-electron chi connectivity index (χ4n) is 2.75. The summed E-state index contributed by atoms with van der Waals surface area (Å²) in [7, 11) is 0. The molecule has 1 aromatic carbocycles. The van der Waals surface area contributed by atoms with Gasteiger partial charge < -0.3 is 5.11 Å². The highest BCUT2D eigenvalue weighted by atomic mass is 19.1. The highest BCUT2D eigenvalue weighted by Crippen LogP contribution is 2.35. The normalized spacial score (nSPS) is 25.1. The van der Waals surface area contributed by atoms with Crippen LogP contribution in [0.3, 0.4) is 0 Å². The Morgan fingerprint density at radius 3 is 2.75 bits per heavy atom. The molecule has 0 bridgehead atoms. The molecular weight excluding hydrogens is 203 g/mol. The number of aryl methyl sites for hydroxylation is 2. The zero-order chi connectivity index (χ0) is 11.9. The Morgan fingerprint density at radius 1 is 1.38 bits per heavy atom. The van der Waals surface area contributed by atoms with Gasteiger partial charge in [-0.05, 0) is 61.3 Å². The van der Waals surface area contributed by atoms with Crippen LogP contribution in [-0.2, 0) is 6.42 Å². The smallest absolute Gasteiger partial charge is 0.129 e. The lowest BCUT2D eigenvalue weighted by Gasteiger charge is -2.17. The van der Waals surface area contributed by atoms with Gasteiger partial charge in [-0.3, -0.25) is 0 Å². The fraction of sp³-hybridized carbons (Fsp3) is 0.571. The molecule has 0 saturated heterocycles. The maximum absolute atomic E-state index is 13.8. The number of aliphatic hydroxyl groups is 1. The van der Waals surface area contributed by atoms with Crippen molar-refractivity contribution in [2.24, 2.45) is 5.92 Å². The SMILES string of the molecule is Cc1cc2c(c(C)c1F)C(O)CC(C)CC2. The molecule has 0 saturated carbocycles. The first-order valence-electron chi connectivity index (χ1n) is 5.97. The highest BCUT2D eigenvalue weighted by molar-refractivity contribution is 5.41. The summed E-state index contributed by atoms with van der Waals surface area (Å²) in [5, 5.41) is 10.1. The summed E-state index contributed by atoms with van der Waals surface area (Å²) >= 11 is 0. The summed E-state index contributed by atoms with van der Waals surface area (Å²) in [6, 6.07) is 1.90. The maximum atomic E-state index is 13.8. The van der Waals surface area contributed by atoms with Crippen molar-refractivity contribution in [2.75, 3.05) is 0 Å². The fourth-order valence-corrected chi connectivity index (χ4v) is 2.75. The molecular formula is C14H19FO. The van der Waals surface area contributed by atoms with Gasteiger partial charge in [-0.15, -0.1) is 0 Å². The molecule has 2 unspecified atom stereocenters. The van der Waals surface area contributed by atoms with Crippen LogP contribution in [0.1, 0.15) is 48.1 Å². The average Bonchev–Trinajstić information content (AvgIpc) is 2.35. The number of hydrogen-bond donors (Lipinski definition) is 1. The summed E-state index contributed by atoms with van der Waals surface area (Å²) in [4.78, 5) is 0. The number of aliphatic hydroxyl groups excluding tert-OH is 1.